The standard InChI is InChI=1S/C27H46O4/c1-6-18-22-15-17(28)11-13-27(22,4)21-12-14-26(3)19(16(2)7-10-23(29)31-5)8-9-20(26)24(21)25(18)30/h16-22,24-25,28,30H,6-15H2,1-5H3/t16-,17-,18-,19-,20?,21?,22+,24?,25?,26-,27-/m1/s1/i10D2. The zero-order valence-corrected chi connectivity index (χ0v) is 20.3. The van der Waals surface area contributed by atoms with Crippen molar-refractivity contribution >= 4 is 5.97 Å². The number of aliphatic hydroxyl groups excluding tert-OH is 2. The van der Waals surface area contributed by atoms with Crippen LogP contribution < -0.4 is 0 Å². The minimum absolute atomic E-state index is 0.0728. The molecule has 0 aromatic carbocycles. The van der Waals surface area contributed by atoms with Gasteiger partial charge in [-0.25, -0.2) is 0 Å². The lowest BCUT2D eigenvalue weighted by Crippen LogP contribution is -2.62. The Morgan fingerprint density at radius 1 is 1.10 bits per heavy atom. The number of aliphatic hydroxyl groups is 2. The Morgan fingerprint density at radius 3 is 2.45 bits per heavy atom. The minimum atomic E-state index is -1.96. The van der Waals surface area contributed by atoms with Gasteiger partial charge >= 0.3 is 5.97 Å². The topological polar surface area (TPSA) is 66.8 Å². The number of ether oxygens (including phenoxy) is 1. The van der Waals surface area contributed by atoms with Crippen molar-refractivity contribution in [3.63, 3.8) is 0 Å². The third-order valence-electron chi connectivity index (χ3n) is 10.9. The van der Waals surface area contributed by atoms with Gasteiger partial charge in [0.1, 0.15) is 0 Å². The summed E-state index contributed by atoms with van der Waals surface area (Å²) in [7, 11) is 1.26. The molecule has 0 aromatic rings. The Balaban J connectivity index is 1.60. The van der Waals surface area contributed by atoms with Gasteiger partial charge in [-0.2, -0.15) is 0 Å². The second-order valence-corrected chi connectivity index (χ2v) is 12.0. The van der Waals surface area contributed by atoms with Gasteiger partial charge in [-0.1, -0.05) is 34.1 Å². The molecule has 0 spiro atoms. The van der Waals surface area contributed by atoms with Gasteiger partial charge in [-0.15, -0.1) is 0 Å². The third-order valence-corrected chi connectivity index (χ3v) is 10.9. The van der Waals surface area contributed by atoms with Crippen LogP contribution in [0.2, 0.25) is 0 Å². The zero-order chi connectivity index (χ0) is 24.3. The maximum atomic E-state index is 12.0. The molecule has 0 bridgehead atoms. The Hall–Kier alpha value is -0.610. The third kappa shape index (κ3) is 3.68. The van der Waals surface area contributed by atoms with Crippen molar-refractivity contribution in [3.8, 4) is 0 Å². The van der Waals surface area contributed by atoms with E-state index in [1.54, 1.807) is 0 Å². The molecule has 0 heterocycles. The fourth-order valence-electron chi connectivity index (χ4n) is 9.39. The average Bonchev–Trinajstić information content (AvgIpc) is 3.11. The van der Waals surface area contributed by atoms with E-state index in [-0.39, 0.29) is 41.3 Å². The Morgan fingerprint density at radius 2 is 1.77 bits per heavy atom. The molecule has 0 saturated heterocycles. The van der Waals surface area contributed by atoms with Crippen molar-refractivity contribution < 1.29 is 22.5 Å². The molecule has 4 unspecified atom stereocenters. The Bertz CT molecular complexity index is 744. The van der Waals surface area contributed by atoms with Crippen LogP contribution in [0.1, 0.15) is 94.6 Å². The predicted octanol–water partition coefficient (Wildman–Crippen LogP) is 5.20. The second kappa shape index (κ2) is 8.63. The number of carbonyl (C=O) groups excluding carboxylic acids is 1. The first kappa shape index (κ1) is 21.0. The molecule has 4 nitrogen and oxygen atoms in total. The van der Waals surface area contributed by atoms with E-state index in [9.17, 15) is 15.0 Å². The summed E-state index contributed by atoms with van der Waals surface area (Å²) in [6.07, 6.45) is 5.79. The highest BCUT2D eigenvalue weighted by molar-refractivity contribution is 5.69. The first-order valence-electron chi connectivity index (χ1n) is 13.8. The number of carbonyl (C=O) groups is 1. The highest BCUT2D eigenvalue weighted by Gasteiger charge is 2.64. The highest BCUT2D eigenvalue weighted by atomic mass is 16.5. The number of hydrogen-bond acceptors (Lipinski definition) is 4. The molecular weight excluding hydrogens is 388 g/mol. The number of hydrogen-bond donors (Lipinski definition) is 2. The molecule has 0 radical (unpaired) electrons. The first-order chi connectivity index (χ1) is 15.4. The molecule has 4 fully saturated rings. The summed E-state index contributed by atoms with van der Waals surface area (Å²) in [5, 5.41) is 22.2. The van der Waals surface area contributed by atoms with Gasteiger partial charge < -0.3 is 14.9 Å². The molecule has 178 valence electrons. The molecule has 31 heavy (non-hydrogen) atoms. The van der Waals surface area contributed by atoms with E-state index in [0.29, 0.717) is 29.6 Å². The van der Waals surface area contributed by atoms with Crippen molar-refractivity contribution in [2.75, 3.05) is 7.11 Å². The molecule has 4 heteroatoms. The van der Waals surface area contributed by atoms with Crippen molar-refractivity contribution in [1.29, 1.82) is 0 Å². The largest absolute Gasteiger partial charge is 0.469 e. The zero-order valence-electron chi connectivity index (χ0n) is 22.3. The van der Waals surface area contributed by atoms with E-state index >= 15 is 0 Å². The molecule has 0 amide bonds. The second-order valence-electron chi connectivity index (χ2n) is 12.0. The van der Waals surface area contributed by atoms with Crippen LogP contribution in [-0.2, 0) is 9.53 Å². The Kier molecular flexibility index (Phi) is 5.83. The summed E-state index contributed by atoms with van der Waals surface area (Å²) in [5.74, 6) is 1.55. The molecule has 4 aliphatic carbocycles. The van der Waals surface area contributed by atoms with Crippen LogP contribution >= 0.6 is 0 Å². The number of methoxy groups -OCH3 is 1. The lowest BCUT2D eigenvalue weighted by atomic mass is 9.41. The van der Waals surface area contributed by atoms with Crippen LogP contribution in [0.25, 0.3) is 0 Å². The molecule has 11 atom stereocenters. The fraction of sp³-hybridized carbons (Fsp3) is 0.963. The summed E-state index contributed by atoms with van der Waals surface area (Å²) in [5.41, 5.74) is 0.265. The van der Waals surface area contributed by atoms with E-state index in [2.05, 4.69) is 27.7 Å². The highest BCUT2D eigenvalue weighted by Crippen LogP contribution is 2.69. The smallest absolute Gasteiger partial charge is 0.305 e. The summed E-state index contributed by atoms with van der Waals surface area (Å²) in [6.45, 7) is 9.16. The number of esters is 1. The lowest BCUT2D eigenvalue weighted by Gasteiger charge is -2.64. The summed E-state index contributed by atoms with van der Waals surface area (Å²) < 4.78 is 21.2. The van der Waals surface area contributed by atoms with Crippen LogP contribution in [0, 0.1) is 52.3 Å². The van der Waals surface area contributed by atoms with Gasteiger partial charge in [0, 0.05) is 9.11 Å². The SMILES string of the molecule is [2H]C([2H])(C[C@@H](C)[C@H]1CCC2C3C(O)[C@H](CC)[C@@H]4C[C@H](O)CC[C@]4(C)C3CC[C@@]21C)C(=O)OC. The van der Waals surface area contributed by atoms with E-state index in [1.807, 2.05) is 0 Å². The normalized spacial score (nSPS) is 51.6. The van der Waals surface area contributed by atoms with Gasteiger partial charge in [-0.05, 0) is 104 Å². The van der Waals surface area contributed by atoms with Gasteiger partial charge in [-0.3, -0.25) is 4.79 Å². The first-order valence-corrected chi connectivity index (χ1v) is 12.8. The van der Waals surface area contributed by atoms with Crippen molar-refractivity contribution in [2.24, 2.45) is 52.3 Å². The summed E-state index contributed by atoms with van der Waals surface area (Å²) in [4.78, 5) is 12.0. The van der Waals surface area contributed by atoms with E-state index in [1.165, 1.54) is 7.11 Å². The monoisotopic (exact) mass is 436 g/mol. The van der Waals surface area contributed by atoms with E-state index < -0.39 is 12.3 Å². The van der Waals surface area contributed by atoms with Crippen molar-refractivity contribution in [3.05, 3.63) is 0 Å². The van der Waals surface area contributed by atoms with Gasteiger partial charge in [0.25, 0.3) is 0 Å². The van der Waals surface area contributed by atoms with E-state index in [4.69, 9.17) is 7.48 Å². The summed E-state index contributed by atoms with van der Waals surface area (Å²) >= 11 is 0. The molecule has 4 rings (SSSR count). The summed E-state index contributed by atoms with van der Waals surface area (Å²) in [6, 6.07) is 0. The number of rotatable bonds is 5. The quantitative estimate of drug-likeness (QED) is 0.581. The predicted molar refractivity (Wildman–Crippen MR) is 122 cm³/mol. The minimum Gasteiger partial charge on any atom is -0.469 e. The maximum absolute atomic E-state index is 12.0. The Labute approximate surface area is 192 Å². The molecule has 0 aromatic heterocycles. The van der Waals surface area contributed by atoms with Crippen LogP contribution in [0.5, 0.6) is 0 Å². The maximum Gasteiger partial charge on any atom is 0.305 e. The molecule has 2 N–H and O–H groups in total. The molecule has 0 aliphatic heterocycles. The molecular formula is C27H46O4. The lowest BCUT2D eigenvalue weighted by molar-refractivity contribution is -0.203. The van der Waals surface area contributed by atoms with Crippen molar-refractivity contribution in [2.45, 2.75) is 104 Å². The molecule has 4 aliphatic rings. The fourth-order valence-corrected chi connectivity index (χ4v) is 9.39. The van der Waals surface area contributed by atoms with Gasteiger partial charge in [0.15, 0.2) is 0 Å². The van der Waals surface area contributed by atoms with Crippen LogP contribution in [0.4, 0.5) is 0 Å². The van der Waals surface area contributed by atoms with E-state index in [0.717, 1.165) is 51.4 Å². The van der Waals surface area contributed by atoms with Crippen LogP contribution in [0.3, 0.4) is 0 Å². The van der Waals surface area contributed by atoms with Gasteiger partial charge in [0.2, 0.25) is 0 Å². The van der Waals surface area contributed by atoms with Crippen LogP contribution in [-0.4, -0.2) is 35.5 Å². The van der Waals surface area contributed by atoms with Crippen LogP contribution in [0.15, 0.2) is 0 Å². The molecule has 4 saturated carbocycles. The van der Waals surface area contributed by atoms with Crippen molar-refractivity contribution in [1.82, 2.24) is 0 Å². The number of fused-ring (bicyclic) bond motifs is 5. The van der Waals surface area contributed by atoms with Gasteiger partial charge in [0.05, 0.1) is 19.3 Å². The average molecular weight is 437 g/mol.